The van der Waals surface area contributed by atoms with E-state index in [9.17, 15) is 39.3 Å². The second-order valence-electron chi connectivity index (χ2n) is 22.3. The standard InChI is InChI=1S/C74H50N6O16S2/c1-43-51(35-75)63(81)79(71(89)95-41-49-29-17-7-18-30-49)65(83)59(43)77-55-33-53-61(97-55)57-58(73(53,67(85)91-37-45-21-9-3-10-22-45)68(86)92-38-46-23-11-4-12-24-46)62-54(74(57,69(87)93-39-47-25-13-5-14-26-47)70(88)94-40-48-27-15-6-16-28-48)34-56(98-62)78-60-44(2)52(36-76)64(82)80(66(60)84)72(90)96-42-50-31-19-8-20-32-50/h3-34H,37-42H2,1-2H3/b77-59+,78-60+. The van der Waals surface area contributed by atoms with Crippen molar-refractivity contribution in [3.05, 3.63) is 271 Å². The van der Waals surface area contributed by atoms with Gasteiger partial charge in [0, 0.05) is 43.2 Å². The van der Waals surface area contributed by atoms with Crippen molar-refractivity contribution in [3.8, 4) is 12.1 Å². The van der Waals surface area contributed by atoms with Crippen molar-refractivity contribution in [2.24, 2.45) is 9.98 Å². The molecule has 0 bridgehead atoms. The Morgan fingerprint density at radius 1 is 0.388 bits per heavy atom. The number of ether oxygens (including phenoxy) is 6. The van der Waals surface area contributed by atoms with Gasteiger partial charge in [-0.25, -0.2) is 19.6 Å². The molecule has 2 aromatic heterocycles. The number of amides is 6. The smallest absolute Gasteiger partial charge is 0.424 e. The Hall–Kier alpha value is -12.6. The number of nitriles is 2. The van der Waals surface area contributed by atoms with Crippen LogP contribution in [0.4, 0.5) is 19.6 Å². The molecule has 6 aromatic carbocycles. The van der Waals surface area contributed by atoms with E-state index in [0.29, 0.717) is 56.1 Å². The second kappa shape index (κ2) is 27.7. The first-order valence-electron chi connectivity index (χ1n) is 30.0. The Morgan fingerprint density at radius 3 is 0.878 bits per heavy atom. The van der Waals surface area contributed by atoms with Gasteiger partial charge < -0.3 is 28.4 Å². The molecule has 4 heterocycles. The van der Waals surface area contributed by atoms with E-state index in [4.69, 9.17) is 28.4 Å². The highest BCUT2D eigenvalue weighted by Crippen LogP contribution is 2.69. The fourth-order valence-electron chi connectivity index (χ4n) is 11.5. The quantitative estimate of drug-likeness (QED) is 0.0333. The highest BCUT2D eigenvalue weighted by Gasteiger charge is 2.72. The molecule has 12 rings (SSSR count). The maximum atomic E-state index is 16.3. The summed E-state index contributed by atoms with van der Waals surface area (Å²) < 4.78 is 35.8. The summed E-state index contributed by atoms with van der Waals surface area (Å²) in [4.78, 5) is 160. The number of fused-ring (bicyclic) bond motifs is 4. The molecule has 8 aromatic rings. The summed E-state index contributed by atoms with van der Waals surface area (Å²) in [6.45, 7) is -0.289. The minimum Gasteiger partial charge on any atom is -0.459 e. The Labute approximate surface area is 565 Å². The van der Waals surface area contributed by atoms with Crippen molar-refractivity contribution in [3.63, 3.8) is 0 Å². The normalized spacial score (nSPS) is 15.8. The summed E-state index contributed by atoms with van der Waals surface area (Å²) in [5, 5.41) is 20.3. The number of esters is 4. The van der Waals surface area contributed by atoms with E-state index in [2.05, 4.69) is 9.98 Å². The summed E-state index contributed by atoms with van der Waals surface area (Å²) in [6.07, 6.45) is -2.90. The number of aliphatic imine (C=N–C) groups is 2. The van der Waals surface area contributed by atoms with Gasteiger partial charge >= 0.3 is 36.1 Å². The lowest BCUT2D eigenvalue weighted by molar-refractivity contribution is -0.165. The lowest BCUT2D eigenvalue weighted by atomic mass is 9.76. The van der Waals surface area contributed by atoms with Gasteiger partial charge in [-0.05, 0) is 59.4 Å². The fourth-order valence-corrected chi connectivity index (χ4v) is 13.9. The monoisotopic (exact) mass is 1340 g/mol. The minimum atomic E-state index is -2.97. The predicted molar refractivity (Wildman–Crippen MR) is 352 cm³/mol. The van der Waals surface area contributed by atoms with Crippen LogP contribution in [0.2, 0.25) is 0 Å². The molecule has 0 radical (unpaired) electrons. The summed E-state index contributed by atoms with van der Waals surface area (Å²) in [7, 11) is 0. The summed E-state index contributed by atoms with van der Waals surface area (Å²) in [6, 6.07) is 56.0. The van der Waals surface area contributed by atoms with Gasteiger partial charge in [-0.2, -0.15) is 20.3 Å². The highest BCUT2D eigenvalue weighted by molar-refractivity contribution is 7.19. The average molecular weight is 1340 g/mol. The van der Waals surface area contributed by atoms with Gasteiger partial charge in [0.25, 0.3) is 23.6 Å². The maximum Gasteiger partial charge on any atom is 0.424 e. The number of carbonyl (C=O) groups is 10. The highest BCUT2D eigenvalue weighted by atomic mass is 32.1. The number of nitrogens with zero attached hydrogens (tertiary/aromatic N) is 6. The molecule has 0 atom stereocenters. The van der Waals surface area contributed by atoms with Gasteiger partial charge in [-0.3, -0.25) is 38.4 Å². The van der Waals surface area contributed by atoms with E-state index in [1.54, 1.807) is 194 Å². The third kappa shape index (κ3) is 12.0. The molecular formula is C74H50N6O16S2. The maximum absolute atomic E-state index is 16.3. The van der Waals surface area contributed by atoms with Crippen LogP contribution in [-0.4, -0.2) is 80.9 Å². The molecule has 2 aliphatic carbocycles. The van der Waals surface area contributed by atoms with E-state index >= 15 is 19.2 Å². The van der Waals surface area contributed by atoms with E-state index in [-0.39, 0.29) is 51.8 Å². The third-order valence-corrected chi connectivity index (χ3v) is 18.4. The SMILES string of the molecule is CC1=C(C#N)C(=O)N(C(=O)OCc2ccccc2)C(=O)/C1=N/c1cc2c(s1)C1=C(c3sc(/N=C4/C(=O)N(C(=O)OCc5ccccc5)C(=O)C(C#N)=C4C)cc3C1(C(=O)OCc1ccccc1)C(=O)OCc1ccccc1)C2(C(=O)OCc1ccccc1)C(=O)OCc1ccccc1. The number of thiophene rings is 2. The van der Waals surface area contributed by atoms with Crippen LogP contribution >= 0.6 is 22.7 Å². The first-order valence-corrected chi connectivity index (χ1v) is 31.6. The number of hydrogen-bond acceptors (Lipinski definition) is 22. The first-order chi connectivity index (χ1) is 47.5. The number of hydrogen-bond donors (Lipinski definition) is 0. The molecule has 22 nitrogen and oxygen atoms in total. The fraction of sp³-hybridized carbons (Fsp3) is 0.135. The van der Waals surface area contributed by atoms with Crippen molar-refractivity contribution in [1.82, 2.24) is 9.80 Å². The molecule has 6 amide bonds. The molecule has 24 heteroatoms. The Balaban J connectivity index is 1.11. The zero-order valence-corrected chi connectivity index (χ0v) is 53.4. The molecule has 4 aliphatic rings. The lowest BCUT2D eigenvalue weighted by Gasteiger charge is -2.29. The van der Waals surface area contributed by atoms with Crippen molar-refractivity contribution >= 4 is 115 Å². The van der Waals surface area contributed by atoms with Crippen LogP contribution in [0, 0.1) is 22.7 Å². The van der Waals surface area contributed by atoms with E-state index in [1.807, 2.05) is 0 Å². The van der Waals surface area contributed by atoms with Crippen LogP contribution in [0.5, 0.6) is 0 Å². The van der Waals surface area contributed by atoms with Crippen molar-refractivity contribution in [1.29, 1.82) is 10.5 Å². The summed E-state index contributed by atoms with van der Waals surface area (Å²) in [5.41, 5.74) is -7.91. The zero-order chi connectivity index (χ0) is 68.8. The molecule has 484 valence electrons. The molecule has 0 saturated heterocycles. The molecule has 0 spiro atoms. The van der Waals surface area contributed by atoms with Gasteiger partial charge in [-0.1, -0.05) is 182 Å². The zero-order valence-electron chi connectivity index (χ0n) is 51.7. The van der Waals surface area contributed by atoms with Crippen LogP contribution in [-0.2, 0) is 117 Å². The number of carbonyl (C=O) groups excluding carboxylic acids is 10. The minimum absolute atomic E-state index is 0.111. The molecule has 98 heavy (non-hydrogen) atoms. The number of benzene rings is 6. The number of rotatable bonds is 18. The van der Waals surface area contributed by atoms with Crippen LogP contribution in [0.3, 0.4) is 0 Å². The third-order valence-electron chi connectivity index (χ3n) is 16.3. The van der Waals surface area contributed by atoms with E-state index in [1.165, 1.54) is 26.0 Å². The van der Waals surface area contributed by atoms with Crippen LogP contribution in [0.1, 0.15) is 68.1 Å². The van der Waals surface area contributed by atoms with Crippen LogP contribution in [0.25, 0.3) is 11.1 Å². The molecule has 0 fully saturated rings. The summed E-state index contributed by atoms with van der Waals surface area (Å²) >= 11 is 1.26. The van der Waals surface area contributed by atoms with Gasteiger partial charge in [-0.15, -0.1) is 22.7 Å². The van der Waals surface area contributed by atoms with Crippen molar-refractivity contribution in [2.45, 2.75) is 64.3 Å². The molecule has 0 N–H and O–H groups in total. The van der Waals surface area contributed by atoms with Crippen LogP contribution < -0.4 is 0 Å². The first kappa shape index (κ1) is 65.4. The lowest BCUT2D eigenvalue weighted by Crippen LogP contribution is -2.50. The van der Waals surface area contributed by atoms with Crippen molar-refractivity contribution < 1.29 is 76.4 Å². The van der Waals surface area contributed by atoms with Gasteiger partial charge in [0.1, 0.15) is 84.4 Å². The number of imide groups is 6. The van der Waals surface area contributed by atoms with E-state index < -0.39 is 144 Å². The molecule has 0 saturated carbocycles. The topological polar surface area (TPSA) is 305 Å². The van der Waals surface area contributed by atoms with E-state index in [0.717, 1.165) is 0 Å². The molecule has 0 unspecified atom stereocenters. The van der Waals surface area contributed by atoms with Crippen LogP contribution in [0.15, 0.2) is 226 Å². The van der Waals surface area contributed by atoms with Crippen molar-refractivity contribution in [2.75, 3.05) is 0 Å². The molecule has 2 aliphatic heterocycles. The molecular weight excluding hydrogens is 1290 g/mol. The Bertz CT molecular complexity index is 4470. The summed E-state index contributed by atoms with van der Waals surface area (Å²) in [5.74, 6) is -10.7. The Morgan fingerprint density at radius 2 is 0.633 bits per heavy atom. The second-order valence-corrected chi connectivity index (χ2v) is 24.3. The van der Waals surface area contributed by atoms with Gasteiger partial charge in [0.15, 0.2) is 0 Å². The van der Waals surface area contributed by atoms with Gasteiger partial charge in [0.05, 0.1) is 0 Å². The Kier molecular flexibility index (Phi) is 18.5. The van der Waals surface area contributed by atoms with Gasteiger partial charge in [0.2, 0.25) is 10.8 Å². The average Bonchev–Trinajstić information content (AvgIpc) is 1.48. The largest absolute Gasteiger partial charge is 0.459 e. The predicted octanol–water partition coefficient (Wildman–Crippen LogP) is 11.4.